The Morgan fingerprint density at radius 1 is 1.22 bits per heavy atom. The van der Waals surface area contributed by atoms with Gasteiger partial charge in [-0.25, -0.2) is 0 Å². The lowest BCUT2D eigenvalue weighted by molar-refractivity contribution is 0.476. The average Bonchev–Trinajstić information content (AvgIpc) is 2.87. The van der Waals surface area contributed by atoms with E-state index in [1.807, 2.05) is 0 Å². The molecular formula is C17H27N. The third kappa shape index (κ3) is 2.95. The van der Waals surface area contributed by atoms with E-state index in [0.717, 1.165) is 6.42 Å². The summed E-state index contributed by atoms with van der Waals surface area (Å²) in [4.78, 5) is 0. The van der Waals surface area contributed by atoms with Gasteiger partial charge in [-0.1, -0.05) is 58.9 Å². The summed E-state index contributed by atoms with van der Waals surface area (Å²) in [5, 5.41) is 0. The molecule has 100 valence electrons. The largest absolute Gasteiger partial charge is 0.327 e. The SMILES string of the molecule is CC(C)(C)c1ccc(CC(N)C2CC2(C)C)cc1. The number of hydrogen-bond acceptors (Lipinski definition) is 1. The van der Waals surface area contributed by atoms with Crippen LogP contribution >= 0.6 is 0 Å². The lowest BCUT2D eigenvalue weighted by atomic mass is 9.86. The van der Waals surface area contributed by atoms with Gasteiger partial charge in [0.15, 0.2) is 0 Å². The van der Waals surface area contributed by atoms with Gasteiger partial charge in [-0.15, -0.1) is 0 Å². The summed E-state index contributed by atoms with van der Waals surface area (Å²) in [5.74, 6) is 0.708. The van der Waals surface area contributed by atoms with Crippen LogP contribution in [-0.4, -0.2) is 6.04 Å². The van der Waals surface area contributed by atoms with E-state index in [1.54, 1.807) is 0 Å². The minimum atomic E-state index is 0.235. The van der Waals surface area contributed by atoms with Crippen molar-refractivity contribution >= 4 is 0 Å². The van der Waals surface area contributed by atoms with Crippen LogP contribution in [0.25, 0.3) is 0 Å². The summed E-state index contributed by atoms with van der Waals surface area (Å²) < 4.78 is 0. The molecule has 2 rings (SSSR count). The second-order valence-electron chi connectivity index (χ2n) is 7.61. The monoisotopic (exact) mass is 245 g/mol. The molecular weight excluding hydrogens is 218 g/mol. The van der Waals surface area contributed by atoms with Gasteiger partial charge in [-0.3, -0.25) is 0 Å². The molecule has 1 aromatic rings. The van der Waals surface area contributed by atoms with Crippen LogP contribution < -0.4 is 5.73 Å². The lowest BCUT2D eigenvalue weighted by Crippen LogP contribution is -2.27. The highest BCUT2D eigenvalue weighted by Crippen LogP contribution is 2.53. The average molecular weight is 245 g/mol. The molecule has 1 aliphatic carbocycles. The molecule has 0 saturated heterocycles. The minimum absolute atomic E-state index is 0.235. The van der Waals surface area contributed by atoms with Gasteiger partial charge in [-0.2, -0.15) is 0 Å². The third-order valence-corrected chi connectivity index (χ3v) is 4.40. The van der Waals surface area contributed by atoms with E-state index in [2.05, 4.69) is 58.9 Å². The van der Waals surface area contributed by atoms with Gasteiger partial charge in [-0.05, 0) is 40.7 Å². The Morgan fingerprint density at radius 3 is 2.11 bits per heavy atom. The number of benzene rings is 1. The van der Waals surface area contributed by atoms with Gasteiger partial charge in [0.25, 0.3) is 0 Å². The van der Waals surface area contributed by atoms with Crippen LogP contribution in [-0.2, 0) is 11.8 Å². The Labute approximate surface area is 112 Å². The Kier molecular flexibility index (Phi) is 3.31. The van der Waals surface area contributed by atoms with Crippen LogP contribution in [0, 0.1) is 11.3 Å². The van der Waals surface area contributed by atoms with Crippen LogP contribution in [0.5, 0.6) is 0 Å². The fourth-order valence-corrected chi connectivity index (χ4v) is 2.79. The zero-order valence-electron chi connectivity index (χ0n) is 12.5. The molecule has 2 N–H and O–H groups in total. The summed E-state index contributed by atoms with van der Waals surface area (Å²) in [6, 6.07) is 9.31. The highest BCUT2D eigenvalue weighted by molar-refractivity contribution is 5.28. The summed E-state index contributed by atoms with van der Waals surface area (Å²) in [6.45, 7) is 11.4. The highest BCUT2D eigenvalue weighted by atomic mass is 14.7. The Morgan fingerprint density at radius 2 is 1.72 bits per heavy atom. The second-order valence-corrected chi connectivity index (χ2v) is 7.61. The van der Waals surface area contributed by atoms with Crippen molar-refractivity contribution in [1.82, 2.24) is 0 Å². The van der Waals surface area contributed by atoms with E-state index < -0.39 is 0 Å². The number of rotatable bonds is 3. The van der Waals surface area contributed by atoms with Crippen molar-refractivity contribution in [3.63, 3.8) is 0 Å². The quantitative estimate of drug-likeness (QED) is 0.858. The van der Waals surface area contributed by atoms with Crippen molar-refractivity contribution in [2.24, 2.45) is 17.1 Å². The molecule has 0 bridgehead atoms. The highest BCUT2D eigenvalue weighted by Gasteiger charge is 2.48. The zero-order chi connectivity index (χ0) is 13.6. The van der Waals surface area contributed by atoms with Crippen molar-refractivity contribution < 1.29 is 0 Å². The van der Waals surface area contributed by atoms with Crippen LogP contribution in [0.2, 0.25) is 0 Å². The van der Waals surface area contributed by atoms with Crippen LogP contribution in [0.1, 0.15) is 52.2 Å². The zero-order valence-corrected chi connectivity index (χ0v) is 12.5. The molecule has 0 aromatic heterocycles. The first kappa shape index (κ1) is 13.6. The first-order valence-electron chi connectivity index (χ1n) is 7.05. The van der Waals surface area contributed by atoms with Crippen molar-refractivity contribution in [2.45, 2.75) is 58.9 Å². The molecule has 1 fully saturated rings. The second kappa shape index (κ2) is 4.38. The molecule has 0 spiro atoms. The molecule has 0 aliphatic heterocycles. The standard InChI is InChI=1S/C17H27N/c1-16(2,3)13-8-6-12(7-9-13)10-15(18)14-11-17(14,4)5/h6-9,14-15H,10-11,18H2,1-5H3. The van der Waals surface area contributed by atoms with Crippen molar-refractivity contribution in [1.29, 1.82) is 0 Å². The van der Waals surface area contributed by atoms with Gasteiger partial charge >= 0.3 is 0 Å². The third-order valence-electron chi connectivity index (χ3n) is 4.40. The normalized spacial score (nSPS) is 23.8. The predicted octanol–water partition coefficient (Wildman–Crippen LogP) is 3.90. The van der Waals surface area contributed by atoms with Crippen LogP contribution in [0.3, 0.4) is 0 Å². The van der Waals surface area contributed by atoms with E-state index in [9.17, 15) is 0 Å². The Bertz CT molecular complexity index is 408. The molecule has 1 aromatic carbocycles. The lowest BCUT2D eigenvalue weighted by Gasteiger charge is -2.20. The number of nitrogens with two attached hydrogens (primary N) is 1. The Balaban J connectivity index is 1.99. The van der Waals surface area contributed by atoms with E-state index >= 15 is 0 Å². The van der Waals surface area contributed by atoms with Crippen molar-refractivity contribution in [2.75, 3.05) is 0 Å². The summed E-state index contributed by atoms with van der Waals surface area (Å²) in [6.07, 6.45) is 2.30. The van der Waals surface area contributed by atoms with Crippen LogP contribution in [0.4, 0.5) is 0 Å². The molecule has 1 aliphatic rings. The number of hydrogen-bond donors (Lipinski definition) is 1. The fourth-order valence-electron chi connectivity index (χ4n) is 2.79. The van der Waals surface area contributed by atoms with Gasteiger partial charge < -0.3 is 5.73 Å². The first-order chi connectivity index (χ1) is 8.20. The van der Waals surface area contributed by atoms with E-state index in [0.29, 0.717) is 17.4 Å². The van der Waals surface area contributed by atoms with E-state index in [4.69, 9.17) is 5.73 Å². The molecule has 18 heavy (non-hydrogen) atoms. The molecule has 2 atom stereocenters. The van der Waals surface area contributed by atoms with Gasteiger partial charge in [0.05, 0.1) is 0 Å². The van der Waals surface area contributed by atoms with Gasteiger partial charge in [0.2, 0.25) is 0 Å². The molecule has 0 radical (unpaired) electrons. The van der Waals surface area contributed by atoms with Gasteiger partial charge in [0, 0.05) is 6.04 Å². The molecule has 0 amide bonds. The fraction of sp³-hybridized carbons (Fsp3) is 0.647. The van der Waals surface area contributed by atoms with E-state index in [1.165, 1.54) is 17.5 Å². The topological polar surface area (TPSA) is 26.0 Å². The molecule has 1 heteroatoms. The summed E-state index contributed by atoms with van der Waals surface area (Å²) >= 11 is 0. The maximum absolute atomic E-state index is 6.31. The first-order valence-corrected chi connectivity index (χ1v) is 7.05. The minimum Gasteiger partial charge on any atom is -0.327 e. The Hall–Kier alpha value is -0.820. The van der Waals surface area contributed by atoms with Crippen molar-refractivity contribution in [3.05, 3.63) is 35.4 Å². The van der Waals surface area contributed by atoms with E-state index in [-0.39, 0.29) is 5.41 Å². The molecule has 2 unspecified atom stereocenters. The predicted molar refractivity (Wildman–Crippen MR) is 78.7 cm³/mol. The summed E-state index contributed by atoms with van der Waals surface area (Å²) in [7, 11) is 0. The maximum Gasteiger partial charge on any atom is 0.0113 e. The van der Waals surface area contributed by atoms with Crippen LogP contribution in [0.15, 0.2) is 24.3 Å². The molecule has 1 nitrogen and oxygen atoms in total. The van der Waals surface area contributed by atoms with Crippen molar-refractivity contribution in [3.8, 4) is 0 Å². The maximum atomic E-state index is 6.31. The molecule has 1 saturated carbocycles. The molecule has 0 heterocycles. The van der Waals surface area contributed by atoms with Gasteiger partial charge in [0.1, 0.15) is 0 Å². The smallest absolute Gasteiger partial charge is 0.0113 e. The summed E-state index contributed by atoms with van der Waals surface area (Å²) in [5.41, 5.74) is 9.79.